The fraction of sp³-hybridized carbons (Fsp3) is 0. The molecule has 0 amide bonds. The summed E-state index contributed by atoms with van der Waals surface area (Å²) in [7, 11) is 0. The maximum absolute atomic E-state index is 5.32. The maximum atomic E-state index is 5.32. The molecule has 15 rings (SSSR count). The first-order valence-corrected chi connectivity index (χ1v) is 25.6. The van der Waals surface area contributed by atoms with Crippen molar-refractivity contribution in [1.29, 1.82) is 0 Å². The van der Waals surface area contributed by atoms with Crippen LogP contribution in [-0.4, -0.2) is 23.7 Å². The SMILES string of the molecule is c1ccc(-c2ccc(-c3nc(-c4ccc(-c5cc(-n6c7ccccc7c7ccccc76)cc(-n6c7ccccc7c7ccccc76)c5)cc4)cc(-c4ccc(-n5c6ccccc6c6ccccc65)cc4)n3)cc2)cc1. The predicted octanol–water partition coefficient (Wildman–Crippen LogP) is 18.1. The van der Waals surface area contributed by atoms with Crippen LogP contribution in [0.25, 0.3) is 139 Å². The highest BCUT2D eigenvalue weighted by molar-refractivity contribution is 6.11. The molecule has 0 aliphatic rings. The van der Waals surface area contributed by atoms with Crippen LogP contribution in [0.4, 0.5) is 0 Å². The van der Waals surface area contributed by atoms with Crippen molar-refractivity contribution in [3.63, 3.8) is 0 Å². The van der Waals surface area contributed by atoms with E-state index < -0.39 is 0 Å². The van der Waals surface area contributed by atoms with Crippen molar-refractivity contribution in [3.05, 3.63) is 273 Å². The Labute approximate surface area is 433 Å². The highest BCUT2D eigenvalue weighted by atomic mass is 15.0. The van der Waals surface area contributed by atoms with Crippen molar-refractivity contribution in [2.24, 2.45) is 0 Å². The van der Waals surface area contributed by atoms with Crippen LogP contribution in [0.5, 0.6) is 0 Å². The number of hydrogen-bond donors (Lipinski definition) is 0. The van der Waals surface area contributed by atoms with E-state index in [2.05, 4.69) is 287 Å². The van der Waals surface area contributed by atoms with Crippen molar-refractivity contribution in [2.45, 2.75) is 0 Å². The Kier molecular flexibility index (Phi) is 9.82. The lowest BCUT2D eigenvalue weighted by Gasteiger charge is -2.16. The molecule has 0 spiro atoms. The second kappa shape index (κ2) is 17.3. The summed E-state index contributed by atoms with van der Waals surface area (Å²) in [5, 5.41) is 7.41. The molecule has 0 saturated carbocycles. The van der Waals surface area contributed by atoms with Gasteiger partial charge in [-0.1, -0.05) is 200 Å². The molecule has 350 valence electrons. The Bertz CT molecular complexity index is 4380. The van der Waals surface area contributed by atoms with Crippen LogP contribution in [0.3, 0.4) is 0 Å². The van der Waals surface area contributed by atoms with Gasteiger partial charge in [0.2, 0.25) is 0 Å². The summed E-state index contributed by atoms with van der Waals surface area (Å²) in [6.45, 7) is 0. The van der Waals surface area contributed by atoms with E-state index in [9.17, 15) is 0 Å². The summed E-state index contributed by atoms with van der Waals surface area (Å²) < 4.78 is 7.20. The molecule has 4 heterocycles. The van der Waals surface area contributed by atoms with E-state index in [1.54, 1.807) is 0 Å². The van der Waals surface area contributed by atoms with Crippen LogP contribution in [-0.2, 0) is 0 Å². The van der Waals surface area contributed by atoms with Gasteiger partial charge in [-0.05, 0) is 95.1 Å². The minimum atomic E-state index is 0.673. The summed E-state index contributed by atoms with van der Waals surface area (Å²) in [5.74, 6) is 0.673. The zero-order valence-electron chi connectivity index (χ0n) is 40.7. The first kappa shape index (κ1) is 42.6. The molecule has 5 heteroatoms. The minimum Gasteiger partial charge on any atom is -0.309 e. The number of benzene rings is 11. The van der Waals surface area contributed by atoms with E-state index in [-0.39, 0.29) is 0 Å². The molecule has 0 saturated heterocycles. The van der Waals surface area contributed by atoms with Crippen molar-refractivity contribution in [3.8, 4) is 73.2 Å². The fourth-order valence-corrected chi connectivity index (χ4v) is 11.6. The number of aromatic nitrogens is 5. The third-order valence-electron chi connectivity index (χ3n) is 15.1. The van der Waals surface area contributed by atoms with Crippen molar-refractivity contribution in [2.75, 3.05) is 0 Å². The van der Waals surface area contributed by atoms with Gasteiger partial charge in [0, 0.05) is 66.1 Å². The Morgan fingerprint density at radius 1 is 0.200 bits per heavy atom. The van der Waals surface area contributed by atoms with Crippen molar-refractivity contribution < 1.29 is 0 Å². The lowest BCUT2D eigenvalue weighted by atomic mass is 10.00. The Morgan fingerprint density at radius 3 is 0.893 bits per heavy atom. The number of rotatable bonds is 8. The summed E-state index contributed by atoms with van der Waals surface area (Å²) in [6.07, 6.45) is 0. The van der Waals surface area contributed by atoms with Gasteiger partial charge < -0.3 is 13.7 Å². The molecule has 0 aliphatic carbocycles. The summed E-state index contributed by atoms with van der Waals surface area (Å²) >= 11 is 0. The standard InChI is InChI=1S/C70H45N5/c1-2-16-46(17-3-1)47-32-36-51(37-33-47)70-71-62(45-63(72-70)50-38-40-53(41-39-50)73-64-24-10-4-18-56(64)57-19-5-11-25-65(57)73)49-34-30-48(31-35-49)52-42-54(74-66-26-12-6-20-58(66)59-21-7-13-27-67(59)74)44-55(43-52)75-68-28-14-8-22-60(68)61-23-9-15-29-69(61)75/h1-45H. The van der Waals surface area contributed by atoms with Gasteiger partial charge >= 0.3 is 0 Å². The molecule has 0 fully saturated rings. The van der Waals surface area contributed by atoms with Crippen LogP contribution in [0, 0.1) is 0 Å². The van der Waals surface area contributed by atoms with E-state index >= 15 is 0 Å². The van der Waals surface area contributed by atoms with E-state index in [1.165, 1.54) is 71.0 Å². The summed E-state index contributed by atoms with van der Waals surface area (Å²) in [4.78, 5) is 10.6. The quantitative estimate of drug-likeness (QED) is 0.152. The van der Waals surface area contributed by atoms with Crippen LogP contribution < -0.4 is 0 Å². The summed E-state index contributed by atoms with van der Waals surface area (Å²) in [5.41, 5.74) is 19.6. The fourth-order valence-electron chi connectivity index (χ4n) is 11.6. The van der Waals surface area contributed by atoms with Gasteiger partial charge in [-0.25, -0.2) is 9.97 Å². The van der Waals surface area contributed by atoms with Crippen molar-refractivity contribution >= 4 is 65.4 Å². The molecule has 11 aromatic carbocycles. The lowest BCUT2D eigenvalue weighted by Crippen LogP contribution is -2.00. The number of para-hydroxylation sites is 6. The van der Waals surface area contributed by atoms with Crippen LogP contribution >= 0.6 is 0 Å². The second-order valence-electron chi connectivity index (χ2n) is 19.4. The molecule has 0 bridgehead atoms. The summed E-state index contributed by atoms with van der Waals surface area (Å²) in [6, 6.07) is 98.2. The smallest absolute Gasteiger partial charge is 0.160 e. The normalized spacial score (nSPS) is 11.7. The predicted molar refractivity (Wildman–Crippen MR) is 312 cm³/mol. The van der Waals surface area contributed by atoms with Crippen LogP contribution in [0.15, 0.2) is 273 Å². The molecule has 0 aliphatic heterocycles. The van der Waals surface area contributed by atoms with Crippen molar-refractivity contribution in [1.82, 2.24) is 23.7 Å². The molecular formula is C70H45N5. The minimum absolute atomic E-state index is 0.673. The first-order valence-electron chi connectivity index (χ1n) is 25.6. The molecule has 0 atom stereocenters. The average molecular weight is 956 g/mol. The molecule has 0 radical (unpaired) electrons. The molecule has 15 aromatic rings. The van der Waals surface area contributed by atoms with E-state index in [0.717, 1.165) is 61.8 Å². The molecular weight excluding hydrogens is 911 g/mol. The van der Waals surface area contributed by atoms with Crippen LogP contribution in [0.1, 0.15) is 0 Å². The Balaban J connectivity index is 0.869. The largest absolute Gasteiger partial charge is 0.309 e. The third kappa shape index (κ3) is 7.08. The molecule has 4 aromatic heterocycles. The molecule has 75 heavy (non-hydrogen) atoms. The Morgan fingerprint density at radius 2 is 0.493 bits per heavy atom. The van der Waals surface area contributed by atoms with Crippen LogP contribution in [0.2, 0.25) is 0 Å². The molecule has 0 unspecified atom stereocenters. The molecule has 0 N–H and O–H groups in total. The topological polar surface area (TPSA) is 40.6 Å². The zero-order valence-corrected chi connectivity index (χ0v) is 40.7. The number of hydrogen-bond acceptors (Lipinski definition) is 2. The highest BCUT2D eigenvalue weighted by Crippen LogP contribution is 2.39. The van der Waals surface area contributed by atoms with Gasteiger partial charge in [-0.2, -0.15) is 0 Å². The van der Waals surface area contributed by atoms with Gasteiger partial charge in [-0.15, -0.1) is 0 Å². The maximum Gasteiger partial charge on any atom is 0.160 e. The number of fused-ring (bicyclic) bond motifs is 9. The van der Waals surface area contributed by atoms with E-state index in [1.807, 2.05) is 0 Å². The Hall–Kier alpha value is -10.1. The zero-order chi connectivity index (χ0) is 49.4. The van der Waals surface area contributed by atoms with Gasteiger partial charge in [0.15, 0.2) is 5.82 Å². The first-order chi connectivity index (χ1) is 37.2. The molecule has 5 nitrogen and oxygen atoms in total. The van der Waals surface area contributed by atoms with Gasteiger partial charge in [0.05, 0.1) is 44.5 Å². The number of nitrogens with zero attached hydrogens (tertiary/aromatic N) is 5. The second-order valence-corrected chi connectivity index (χ2v) is 19.4. The van der Waals surface area contributed by atoms with E-state index in [0.29, 0.717) is 5.82 Å². The highest BCUT2D eigenvalue weighted by Gasteiger charge is 2.19. The van der Waals surface area contributed by atoms with Gasteiger partial charge in [-0.3, -0.25) is 0 Å². The van der Waals surface area contributed by atoms with Gasteiger partial charge in [0.25, 0.3) is 0 Å². The van der Waals surface area contributed by atoms with E-state index in [4.69, 9.17) is 9.97 Å². The third-order valence-corrected chi connectivity index (χ3v) is 15.1. The van der Waals surface area contributed by atoms with Gasteiger partial charge in [0.1, 0.15) is 0 Å². The monoisotopic (exact) mass is 955 g/mol. The average Bonchev–Trinajstić information content (AvgIpc) is 4.15. The lowest BCUT2D eigenvalue weighted by molar-refractivity contribution is 1.13.